The number of nitrogens with two attached hydrogens (primary N) is 1. The van der Waals surface area contributed by atoms with Crippen LogP contribution < -0.4 is 11.1 Å². The van der Waals surface area contributed by atoms with Crippen molar-refractivity contribution in [2.75, 3.05) is 12.3 Å². The molecule has 1 heterocycles. The smallest absolute Gasteiger partial charge is 0.407 e. The third kappa shape index (κ3) is 2.61. The lowest BCUT2D eigenvalue weighted by atomic mass is 10.1. The number of alkyl carbamates (subject to hydrolysis) is 1. The molecule has 1 atom stereocenters. The Morgan fingerprint density at radius 3 is 2.69 bits per heavy atom. The van der Waals surface area contributed by atoms with E-state index in [9.17, 15) is 4.79 Å². The zero-order chi connectivity index (χ0) is 11.0. The Bertz CT molecular complexity index is 428. The Morgan fingerprint density at radius 1 is 1.44 bits per heavy atom. The molecule has 0 aliphatic carbocycles. The highest BCUT2D eigenvalue weighted by Crippen LogP contribution is 2.33. The number of benzene rings is 1. The second kappa shape index (κ2) is 5.25. The minimum Gasteiger partial charge on any atom is -0.447 e. The van der Waals surface area contributed by atoms with E-state index in [1.807, 2.05) is 12.1 Å². The van der Waals surface area contributed by atoms with E-state index in [1.54, 1.807) is 0 Å². The lowest BCUT2D eigenvalue weighted by molar-refractivity contribution is 0.177. The molecule has 4 nitrogen and oxygen atoms in total. The summed E-state index contributed by atoms with van der Waals surface area (Å²) >= 11 is 6.72. The van der Waals surface area contributed by atoms with Gasteiger partial charge in [-0.3, -0.25) is 0 Å². The summed E-state index contributed by atoms with van der Waals surface area (Å²) in [6, 6.07) is 3.56. The first-order chi connectivity index (χ1) is 7.08. The van der Waals surface area contributed by atoms with Crippen LogP contribution in [0.2, 0.25) is 0 Å². The highest BCUT2D eigenvalue weighted by Gasteiger charge is 2.26. The topological polar surface area (TPSA) is 64.3 Å². The van der Waals surface area contributed by atoms with Crippen molar-refractivity contribution >= 4 is 56.0 Å². The molecule has 1 saturated heterocycles. The second-order valence-corrected chi connectivity index (χ2v) is 4.96. The number of nitrogen functional groups attached to an aromatic ring is 1. The molecule has 0 saturated carbocycles. The van der Waals surface area contributed by atoms with E-state index in [1.165, 1.54) is 0 Å². The molecular weight excluding hydrogens is 363 g/mol. The van der Waals surface area contributed by atoms with Crippen LogP contribution >= 0.6 is 44.3 Å². The number of rotatable bonds is 1. The van der Waals surface area contributed by atoms with Gasteiger partial charge in [0, 0.05) is 14.5 Å². The van der Waals surface area contributed by atoms with Crippen molar-refractivity contribution in [3.05, 3.63) is 26.6 Å². The van der Waals surface area contributed by atoms with Crippen molar-refractivity contribution < 1.29 is 9.53 Å². The van der Waals surface area contributed by atoms with Crippen LogP contribution in [-0.4, -0.2) is 12.7 Å². The molecule has 2 rings (SSSR count). The van der Waals surface area contributed by atoms with Gasteiger partial charge in [-0.1, -0.05) is 15.9 Å². The molecule has 88 valence electrons. The predicted molar refractivity (Wildman–Crippen MR) is 70.7 cm³/mol. The minimum atomic E-state index is -0.407. The third-order valence-corrected chi connectivity index (χ3v) is 3.29. The average molecular weight is 372 g/mol. The van der Waals surface area contributed by atoms with Crippen LogP contribution in [-0.2, 0) is 4.74 Å². The van der Waals surface area contributed by atoms with E-state index in [0.717, 1.165) is 14.5 Å². The Morgan fingerprint density at radius 2 is 2.12 bits per heavy atom. The standard InChI is InChI=1S/C9H8Br2N2O2.ClH/c10-4-1-5(8(12)6(11)2-4)7-3-15-9(14)13-7;/h1-2,7H,3,12H2,(H,13,14);1H/t7-;/m0./s1. The number of carbonyl (C=O) groups is 1. The molecule has 3 N–H and O–H groups in total. The van der Waals surface area contributed by atoms with E-state index < -0.39 is 6.09 Å². The molecule has 0 bridgehead atoms. The van der Waals surface area contributed by atoms with E-state index in [0.29, 0.717) is 12.3 Å². The van der Waals surface area contributed by atoms with E-state index in [4.69, 9.17) is 10.5 Å². The lowest BCUT2D eigenvalue weighted by Crippen LogP contribution is -2.19. The Labute approximate surface area is 116 Å². The van der Waals surface area contributed by atoms with Crippen molar-refractivity contribution in [2.45, 2.75) is 6.04 Å². The van der Waals surface area contributed by atoms with Crippen molar-refractivity contribution in [1.29, 1.82) is 0 Å². The highest BCUT2D eigenvalue weighted by molar-refractivity contribution is 9.11. The molecule has 0 unspecified atom stereocenters. The number of halogens is 3. The quantitative estimate of drug-likeness (QED) is 0.745. The van der Waals surface area contributed by atoms with Crippen LogP contribution in [0.5, 0.6) is 0 Å². The number of ether oxygens (including phenoxy) is 1. The third-order valence-electron chi connectivity index (χ3n) is 2.17. The van der Waals surface area contributed by atoms with Crippen molar-refractivity contribution in [2.24, 2.45) is 0 Å². The van der Waals surface area contributed by atoms with Gasteiger partial charge in [-0.05, 0) is 28.1 Å². The summed E-state index contributed by atoms with van der Waals surface area (Å²) in [4.78, 5) is 10.9. The zero-order valence-corrected chi connectivity index (χ0v) is 12.0. The molecule has 1 fully saturated rings. The maximum absolute atomic E-state index is 10.9. The average Bonchev–Trinajstić information content (AvgIpc) is 2.58. The lowest BCUT2D eigenvalue weighted by Gasteiger charge is -2.12. The molecule has 0 radical (unpaired) electrons. The number of hydrogen-bond donors (Lipinski definition) is 2. The molecular formula is C9H9Br2ClN2O2. The molecule has 1 aromatic rings. The molecule has 1 amide bonds. The zero-order valence-electron chi connectivity index (χ0n) is 8.00. The summed E-state index contributed by atoms with van der Waals surface area (Å²) < 4.78 is 6.52. The van der Waals surface area contributed by atoms with Crippen LogP contribution in [0.15, 0.2) is 21.1 Å². The molecule has 1 aromatic carbocycles. The minimum absolute atomic E-state index is 0. The van der Waals surface area contributed by atoms with Gasteiger partial charge in [0.05, 0.1) is 11.7 Å². The maximum atomic E-state index is 10.9. The van der Waals surface area contributed by atoms with Crippen molar-refractivity contribution in [3.63, 3.8) is 0 Å². The van der Waals surface area contributed by atoms with Crippen LogP contribution in [0.1, 0.15) is 11.6 Å². The first kappa shape index (κ1) is 13.6. The predicted octanol–water partition coefficient (Wildman–Crippen LogP) is 3.00. The van der Waals surface area contributed by atoms with Gasteiger partial charge in [-0.25, -0.2) is 4.79 Å². The fourth-order valence-electron chi connectivity index (χ4n) is 1.45. The summed E-state index contributed by atoms with van der Waals surface area (Å²) in [5, 5.41) is 2.68. The van der Waals surface area contributed by atoms with E-state index in [-0.39, 0.29) is 18.4 Å². The molecule has 1 aliphatic rings. The van der Waals surface area contributed by atoms with E-state index >= 15 is 0 Å². The number of hydrogen-bond acceptors (Lipinski definition) is 3. The Kier molecular flexibility index (Phi) is 4.46. The summed E-state index contributed by atoms with van der Waals surface area (Å²) in [5.74, 6) is 0. The van der Waals surface area contributed by atoms with Crippen LogP contribution in [0.25, 0.3) is 0 Å². The molecule has 1 aliphatic heterocycles. The molecule has 16 heavy (non-hydrogen) atoms. The maximum Gasteiger partial charge on any atom is 0.407 e. The number of anilines is 1. The Balaban J connectivity index is 0.00000128. The summed E-state index contributed by atoms with van der Waals surface area (Å²) in [5.41, 5.74) is 7.37. The monoisotopic (exact) mass is 370 g/mol. The number of carbonyl (C=O) groups excluding carboxylic acids is 1. The van der Waals surface area contributed by atoms with Gasteiger partial charge in [0.1, 0.15) is 6.61 Å². The highest BCUT2D eigenvalue weighted by atomic mass is 79.9. The van der Waals surface area contributed by atoms with Gasteiger partial charge in [0.25, 0.3) is 0 Å². The Hall–Kier alpha value is -0.460. The summed E-state index contributed by atoms with van der Waals surface area (Å²) in [6.07, 6.45) is -0.407. The SMILES string of the molecule is Cl.Nc1c(Br)cc(Br)cc1[C@@H]1COC(=O)N1. The molecule has 0 aromatic heterocycles. The van der Waals surface area contributed by atoms with Crippen molar-refractivity contribution in [3.8, 4) is 0 Å². The van der Waals surface area contributed by atoms with Gasteiger partial charge in [0.2, 0.25) is 0 Å². The number of cyclic esters (lactones) is 1. The summed E-state index contributed by atoms with van der Waals surface area (Å²) in [6.45, 7) is 0.311. The normalized spacial score (nSPS) is 18.6. The fraction of sp³-hybridized carbons (Fsp3) is 0.222. The first-order valence-electron chi connectivity index (χ1n) is 4.25. The van der Waals surface area contributed by atoms with Crippen LogP contribution in [0.4, 0.5) is 10.5 Å². The fourth-order valence-corrected chi connectivity index (χ4v) is 2.70. The number of amides is 1. The van der Waals surface area contributed by atoms with Gasteiger partial charge in [0.15, 0.2) is 0 Å². The van der Waals surface area contributed by atoms with Gasteiger partial charge in [-0.2, -0.15) is 0 Å². The number of nitrogens with one attached hydrogen (secondary N) is 1. The summed E-state index contributed by atoms with van der Waals surface area (Å²) in [7, 11) is 0. The van der Waals surface area contributed by atoms with Crippen molar-refractivity contribution in [1.82, 2.24) is 5.32 Å². The van der Waals surface area contributed by atoms with Crippen LogP contribution in [0, 0.1) is 0 Å². The molecule has 7 heteroatoms. The first-order valence-corrected chi connectivity index (χ1v) is 5.84. The largest absolute Gasteiger partial charge is 0.447 e. The second-order valence-electron chi connectivity index (χ2n) is 3.19. The van der Waals surface area contributed by atoms with Gasteiger partial charge in [-0.15, -0.1) is 12.4 Å². The van der Waals surface area contributed by atoms with E-state index in [2.05, 4.69) is 37.2 Å². The van der Waals surface area contributed by atoms with Gasteiger partial charge < -0.3 is 15.8 Å². The molecule has 0 spiro atoms. The van der Waals surface area contributed by atoms with Crippen LogP contribution in [0.3, 0.4) is 0 Å². The van der Waals surface area contributed by atoms with Gasteiger partial charge >= 0.3 is 6.09 Å².